The molecule has 0 aliphatic carbocycles. The van der Waals surface area contributed by atoms with E-state index in [1.165, 1.54) is 0 Å². The van der Waals surface area contributed by atoms with Crippen LogP contribution >= 0.6 is 0 Å². The van der Waals surface area contributed by atoms with Crippen molar-refractivity contribution in [2.24, 2.45) is 0 Å². The Labute approximate surface area is 105 Å². The molecule has 24 valence electrons. The fraction of sp³-hybridized carbons (Fsp3) is 0. The van der Waals surface area contributed by atoms with Gasteiger partial charge in [-0.3, -0.25) is 0 Å². The van der Waals surface area contributed by atoms with Gasteiger partial charge in [0.1, 0.15) is 0 Å². The quantitative estimate of drug-likeness (QED) is 0.271. The molecule has 0 nitrogen and oxygen atoms in total. The van der Waals surface area contributed by atoms with Gasteiger partial charge in [0.15, 0.2) is 0 Å². The summed E-state index contributed by atoms with van der Waals surface area (Å²) in [4.78, 5) is 0. The van der Waals surface area contributed by atoms with E-state index >= 15 is 0 Å². The van der Waals surface area contributed by atoms with Gasteiger partial charge in [-0.15, -0.1) is 0 Å². The molecule has 0 saturated carbocycles. The summed E-state index contributed by atoms with van der Waals surface area (Å²) in [6.07, 6.45) is 0. The molecule has 0 fully saturated rings. The van der Waals surface area contributed by atoms with Gasteiger partial charge in [-0.2, -0.15) is 0 Å². The van der Waals surface area contributed by atoms with Crippen LogP contribution in [0.25, 0.3) is 0 Å². The summed E-state index contributed by atoms with van der Waals surface area (Å²) < 4.78 is 0. The molecular weight excluding hydrogens is 802 g/mol. The van der Waals surface area contributed by atoms with Crippen molar-refractivity contribution in [1.29, 1.82) is 0 Å². The van der Waals surface area contributed by atoms with Gasteiger partial charge in [-0.1, -0.05) is 0 Å². The molecule has 0 spiro atoms. The Kier molecular flexibility index (Phi) is 102. The summed E-state index contributed by atoms with van der Waals surface area (Å²) in [5, 5.41) is 0. The van der Waals surface area contributed by atoms with E-state index in [2.05, 4.69) is 0 Å². The zero-order valence-electron chi connectivity index (χ0n) is 1.22. The van der Waals surface area contributed by atoms with E-state index in [4.69, 9.17) is 0 Å². The monoisotopic (exact) mass is 786 g/mol. The molecule has 0 aromatic heterocycles. The van der Waals surface area contributed by atoms with E-state index in [9.17, 15) is 0 Å². The van der Waals surface area contributed by atoms with E-state index in [1.807, 2.05) is 0 Å². The molecule has 0 radical (unpaired) electrons. The molecule has 0 aliphatic heterocycles. The molecule has 0 heterocycles. The number of hydrogen-bond donors (Lipinski definition) is 0. The van der Waals surface area contributed by atoms with Crippen LogP contribution in [0.5, 0.6) is 0 Å². The second-order valence-corrected chi connectivity index (χ2v) is 0. The SMILES string of the molecule is [GaH3].[Pu].[Pu].[Pu]. The normalized spacial score (nSPS) is 0. The van der Waals surface area contributed by atoms with Crippen LogP contribution in [0, 0.1) is 87.5 Å². The van der Waals surface area contributed by atoms with Crippen LogP contribution in [-0.2, 0) is 0 Å². The van der Waals surface area contributed by atoms with E-state index in [0.29, 0.717) is 0 Å². The molecule has 0 unspecified atom stereocenters. The van der Waals surface area contributed by atoms with Gasteiger partial charge in [-0.05, 0) is 0 Å². The van der Waals surface area contributed by atoms with Crippen LogP contribution in [-0.4, -0.2) is 19.8 Å². The Balaban J connectivity index is 0. The third-order valence-corrected chi connectivity index (χ3v) is 0. The topological polar surface area (TPSA) is 0 Å². The first-order valence-electron chi connectivity index (χ1n) is 0. The molecule has 0 bridgehead atoms. The maximum Gasteiger partial charge on any atom is 0 e. The Morgan fingerprint density at radius 1 is 0.500 bits per heavy atom. The van der Waals surface area contributed by atoms with Crippen LogP contribution in [0.2, 0.25) is 0 Å². The standard InChI is InChI=1S/Ga.3Pu.3H. The van der Waals surface area contributed by atoms with Gasteiger partial charge in [0.25, 0.3) is 0 Å². The first kappa shape index (κ1) is 25.6. The first-order chi connectivity index (χ1) is 0. The molecule has 4 heavy (non-hydrogen) atoms. The van der Waals surface area contributed by atoms with Crippen molar-refractivity contribution in [2.45, 2.75) is 0 Å². The summed E-state index contributed by atoms with van der Waals surface area (Å²) in [7, 11) is 0. The van der Waals surface area contributed by atoms with Crippen LogP contribution < -0.4 is 0 Å². The van der Waals surface area contributed by atoms with Gasteiger partial charge in [0.2, 0.25) is 0 Å². The van der Waals surface area contributed by atoms with E-state index in [0.717, 1.165) is 0 Å². The minimum Gasteiger partial charge on any atom is 0 e. The van der Waals surface area contributed by atoms with Gasteiger partial charge in [0.05, 0.1) is 0 Å². The number of hydrogen-bond acceptors (Lipinski definition) is 0. The van der Waals surface area contributed by atoms with Crippen molar-refractivity contribution in [3.05, 3.63) is 0 Å². The van der Waals surface area contributed by atoms with Crippen molar-refractivity contribution in [3.63, 3.8) is 0 Å². The van der Waals surface area contributed by atoms with Crippen molar-refractivity contribution in [1.82, 2.24) is 0 Å². The minimum absolute atomic E-state index is 0. The van der Waals surface area contributed by atoms with Gasteiger partial charge in [-0.25, -0.2) is 0 Å². The molecule has 0 amide bonds. The summed E-state index contributed by atoms with van der Waals surface area (Å²) in [6.45, 7) is 0. The van der Waals surface area contributed by atoms with E-state index < -0.39 is 0 Å². The average molecular weight is 805 g/mol. The zero-order valence-corrected chi connectivity index (χ0v) is 11.4. The van der Waals surface area contributed by atoms with Gasteiger partial charge >= 0.3 is 19.8 Å². The van der Waals surface area contributed by atoms with Crippen molar-refractivity contribution in [3.8, 4) is 0 Å². The van der Waals surface area contributed by atoms with Gasteiger partial charge < -0.3 is 0 Å². The third kappa shape index (κ3) is 9.14. The average Bonchev–Trinajstić information content (AvgIpc) is 0. The Bertz CT molecular complexity index is 3.25. The third-order valence-electron chi connectivity index (χ3n) is 0. The second-order valence-electron chi connectivity index (χ2n) is 0. The summed E-state index contributed by atoms with van der Waals surface area (Å²) in [6, 6.07) is 0. The Morgan fingerprint density at radius 2 is 0.500 bits per heavy atom. The fourth-order valence-corrected chi connectivity index (χ4v) is 0. The first-order valence-corrected chi connectivity index (χ1v) is 0. The maximum absolute atomic E-state index is 0. The molecular formula is H3GaPu3. The van der Waals surface area contributed by atoms with Crippen molar-refractivity contribution < 1.29 is 87.5 Å². The van der Waals surface area contributed by atoms with Crippen LogP contribution in [0.1, 0.15) is 0 Å². The number of rotatable bonds is 0. The van der Waals surface area contributed by atoms with Crippen molar-refractivity contribution >= 4 is 19.8 Å². The largest absolute Gasteiger partial charge is 0 e. The molecule has 0 N–H and O–H groups in total. The maximum atomic E-state index is 0. The predicted octanol–water partition coefficient (Wildman–Crippen LogP) is -1.18. The molecule has 0 atom stereocenters. The molecule has 0 saturated heterocycles. The van der Waals surface area contributed by atoms with Crippen LogP contribution in [0.15, 0.2) is 0 Å². The molecule has 0 aromatic carbocycles. The Hall–Kier alpha value is 3.60. The molecule has 0 aliphatic rings. The van der Waals surface area contributed by atoms with E-state index in [1.54, 1.807) is 0 Å². The summed E-state index contributed by atoms with van der Waals surface area (Å²) in [5.74, 6) is 0. The van der Waals surface area contributed by atoms with Crippen LogP contribution in [0.3, 0.4) is 0 Å². The molecule has 0 rings (SSSR count). The van der Waals surface area contributed by atoms with Gasteiger partial charge in [0, 0.05) is 87.5 Å². The molecule has 0 aromatic rings. The van der Waals surface area contributed by atoms with Crippen LogP contribution in [0.4, 0.5) is 0 Å². The minimum atomic E-state index is 0. The molecule has 4 heteroatoms. The summed E-state index contributed by atoms with van der Waals surface area (Å²) >= 11 is 0. The van der Waals surface area contributed by atoms with Crippen molar-refractivity contribution in [2.75, 3.05) is 0 Å². The predicted molar refractivity (Wildman–Crippen MR) is 9.94 cm³/mol. The smallest absolute Gasteiger partial charge is 0 e. The fourth-order valence-electron chi connectivity index (χ4n) is 0. The summed E-state index contributed by atoms with van der Waals surface area (Å²) in [5.41, 5.74) is 0. The second kappa shape index (κ2) is 16.0. The van der Waals surface area contributed by atoms with E-state index in [-0.39, 0.29) is 107 Å². The Morgan fingerprint density at radius 3 is 0.500 bits per heavy atom. The zero-order chi connectivity index (χ0) is 0.